The normalized spacial score (nSPS) is 13.7. The number of carboxylic acids is 1. The topological polar surface area (TPSA) is 139 Å². The molecule has 0 spiro atoms. The number of halogens is 1. The van der Waals surface area contributed by atoms with E-state index in [1.165, 1.54) is 0 Å². The van der Waals surface area contributed by atoms with Gasteiger partial charge in [-0.05, 0) is 5.53 Å². The number of ether oxygens (including phenoxy) is 2. The molecule has 0 aromatic carbocycles. The summed E-state index contributed by atoms with van der Waals surface area (Å²) in [6, 6.07) is 0. The maximum Gasteiger partial charge on any atom is 0.314 e. The highest BCUT2D eigenvalue weighted by molar-refractivity contribution is 5.74. The van der Waals surface area contributed by atoms with Gasteiger partial charge in [0.2, 0.25) is 0 Å². The van der Waals surface area contributed by atoms with Crippen LogP contribution >= 0.6 is 0 Å². The molecule has 110 valence electrons. The van der Waals surface area contributed by atoms with Gasteiger partial charge in [0.05, 0.1) is 12.0 Å². The second-order valence-corrected chi connectivity index (χ2v) is 3.50. The highest BCUT2D eigenvalue weighted by Crippen LogP contribution is 2.20. The third-order valence-corrected chi connectivity index (χ3v) is 2.01. The van der Waals surface area contributed by atoms with Crippen LogP contribution in [0.1, 0.15) is 13.8 Å². The Balaban J connectivity index is 5.40. The second kappa shape index (κ2) is 8.48. The van der Waals surface area contributed by atoms with Crippen LogP contribution in [0, 0.1) is 5.92 Å². The minimum Gasteiger partial charge on any atom is -0.481 e. The first kappa shape index (κ1) is 17.4. The predicted octanol–water partition coefficient (Wildman–Crippen LogP) is 1.30. The third-order valence-electron chi connectivity index (χ3n) is 2.01. The lowest BCUT2D eigenvalue weighted by Gasteiger charge is -2.22. The Hall–Kier alpha value is -2.61. The molecular weight excluding hydrogens is 277 g/mol. The molecule has 10 heteroatoms. The first-order valence-electron chi connectivity index (χ1n) is 5.22. The van der Waals surface area contributed by atoms with Crippen molar-refractivity contribution in [2.24, 2.45) is 11.0 Å². The molecule has 0 aliphatic rings. The lowest BCUT2D eigenvalue weighted by atomic mass is 10.0. The smallest absolute Gasteiger partial charge is 0.314 e. The van der Waals surface area contributed by atoms with Gasteiger partial charge in [0, 0.05) is 18.8 Å². The van der Waals surface area contributed by atoms with Crippen LogP contribution in [-0.4, -0.2) is 35.7 Å². The van der Waals surface area contributed by atoms with Gasteiger partial charge in [0.1, 0.15) is 18.6 Å². The van der Waals surface area contributed by atoms with E-state index >= 15 is 0 Å². The quantitative estimate of drug-likeness (QED) is 0.324. The minimum atomic E-state index is -1.72. The number of carboxylic acid groups (broad SMARTS) is 1. The van der Waals surface area contributed by atoms with Crippen molar-refractivity contribution in [3.05, 3.63) is 22.5 Å². The summed E-state index contributed by atoms with van der Waals surface area (Å²) in [5.41, 5.74) is 7.52. The fourth-order valence-corrected chi connectivity index (χ4v) is 1.22. The Morgan fingerprint density at radius 3 is 2.35 bits per heavy atom. The third kappa shape index (κ3) is 5.83. The largest absolute Gasteiger partial charge is 0.481 e. The predicted molar refractivity (Wildman–Crippen MR) is 61.6 cm³/mol. The Bertz CT molecular complexity index is 472. The van der Waals surface area contributed by atoms with E-state index in [4.69, 9.17) is 10.6 Å². The van der Waals surface area contributed by atoms with Gasteiger partial charge < -0.3 is 14.6 Å². The number of esters is 2. The molecule has 0 amide bonds. The van der Waals surface area contributed by atoms with Crippen molar-refractivity contribution >= 4 is 17.9 Å². The fraction of sp³-hybridized carbons (Fsp3) is 0.500. The van der Waals surface area contributed by atoms with Crippen LogP contribution < -0.4 is 0 Å². The van der Waals surface area contributed by atoms with Crippen LogP contribution in [0.4, 0.5) is 4.39 Å². The van der Waals surface area contributed by atoms with E-state index in [1.54, 1.807) is 0 Å². The zero-order valence-corrected chi connectivity index (χ0v) is 10.6. The molecule has 0 aromatic rings. The van der Waals surface area contributed by atoms with Gasteiger partial charge in [0.25, 0.3) is 0 Å². The zero-order chi connectivity index (χ0) is 15.7. The molecule has 0 bridgehead atoms. The standard InChI is InChI=1S/C10H12FN3O6/c1-5(15)19-4-7(10(17)18)9(20-6(2)16)8(3-11)13-14-12/h3,7,9H,4H2,1-2H3,(H,17,18)/b8-3-/t7-,9-/m1/s1. The molecule has 0 aliphatic carbocycles. The van der Waals surface area contributed by atoms with Crippen molar-refractivity contribution in [1.29, 1.82) is 0 Å². The molecule has 0 unspecified atom stereocenters. The molecule has 0 rings (SSSR count). The number of hydrogen-bond donors (Lipinski definition) is 1. The lowest BCUT2D eigenvalue weighted by Crippen LogP contribution is -2.37. The van der Waals surface area contributed by atoms with E-state index in [-0.39, 0.29) is 6.33 Å². The Morgan fingerprint density at radius 2 is 2.00 bits per heavy atom. The molecule has 0 aliphatic heterocycles. The van der Waals surface area contributed by atoms with Gasteiger partial charge in [0.15, 0.2) is 0 Å². The highest BCUT2D eigenvalue weighted by atomic mass is 19.1. The SMILES string of the molecule is CC(=O)OC[C@@H](C(=O)O)[C@@H](OC(C)=O)/C(=C/F)N=[N+]=[N-]. The molecule has 9 nitrogen and oxygen atoms in total. The number of carbonyl (C=O) groups excluding carboxylic acids is 2. The molecule has 0 aromatic heterocycles. The first-order chi connectivity index (χ1) is 9.33. The average Bonchev–Trinajstić information content (AvgIpc) is 2.33. The van der Waals surface area contributed by atoms with Gasteiger partial charge in [-0.2, -0.15) is 0 Å². The number of rotatable bonds is 7. The number of nitrogens with zero attached hydrogens (tertiary/aromatic N) is 3. The average molecular weight is 289 g/mol. The fourth-order valence-electron chi connectivity index (χ4n) is 1.22. The summed E-state index contributed by atoms with van der Waals surface area (Å²) in [7, 11) is 0. The molecule has 0 fully saturated rings. The molecule has 1 N–H and O–H groups in total. The first-order valence-corrected chi connectivity index (χ1v) is 5.22. The Labute approximate surface area is 112 Å². The van der Waals surface area contributed by atoms with E-state index in [2.05, 4.69) is 19.5 Å². The van der Waals surface area contributed by atoms with Crippen molar-refractivity contribution in [2.75, 3.05) is 6.61 Å². The monoisotopic (exact) mass is 289 g/mol. The summed E-state index contributed by atoms with van der Waals surface area (Å²) in [6.45, 7) is 1.32. The molecular formula is C10H12FN3O6. The summed E-state index contributed by atoms with van der Waals surface area (Å²) < 4.78 is 21.8. The molecule has 0 heterocycles. The van der Waals surface area contributed by atoms with Gasteiger partial charge in [-0.1, -0.05) is 5.11 Å². The highest BCUT2D eigenvalue weighted by Gasteiger charge is 2.34. The maximum atomic E-state index is 12.6. The molecule has 20 heavy (non-hydrogen) atoms. The van der Waals surface area contributed by atoms with E-state index in [9.17, 15) is 18.8 Å². The van der Waals surface area contributed by atoms with Crippen molar-refractivity contribution in [3.63, 3.8) is 0 Å². The summed E-state index contributed by atoms with van der Waals surface area (Å²) in [5, 5.41) is 11.9. The molecule has 0 saturated carbocycles. The van der Waals surface area contributed by atoms with Crippen LogP contribution in [-0.2, 0) is 23.9 Å². The van der Waals surface area contributed by atoms with E-state index in [0.717, 1.165) is 13.8 Å². The molecule has 0 saturated heterocycles. The van der Waals surface area contributed by atoms with Crippen LogP contribution in [0.2, 0.25) is 0 Å². The van der Waals surface area contributed by atoms with Crippen LogP contribution in [0.3, 0.4) is 0 Å². The van der Waals surface area contributed by atoms with E-state index in [1.807, 2.05) is 0 Å². The van der Waals surface area contributed by atoms with Crippen LogP contribution in [0.15, 0.2) is 17.1 Å². The van der Waals surface area contributed by atoms with E-state index in [0.29, 0.717) is 0 Å². The number of hydrogen-bond acceptors (Lipinski definition) is 6. The molecule has 2 atom stereocenters. The summed E-state index contributed by atoms with van der Waals surface area (Å²) in [6.07, 6.45) is -1.90. The van der Waals surface area contributed by atoms with Crippen molar-refractivity contribution in [3.8, 4) is 0 Å². The summed E-state index contributed by atoms with van der Waals surface area (Å²) in [4.78, 5) is 35.0. The van der Waals surface area contributed by atoms with E-state index < -0.39 is 42.2 Å². The second-order valence-electron chi connectivity index (χ2n) is 3.50. The van der Waals surface area contributed by atoms with Crippen molar-refractivity contribution in [1.82, 2.24) is 0 Å². The van der Waals surface area contributed by atoms with Gasteiger partial charge in [-0.15, -0.1) is 0 Å². The van der Waals surface area contributed by atoms with Gasteiger partial charge in [-0.25, -0.2) is 4.39 Å². The zero-order valence-electron chi connectivity index (χ0n) is 10.6. The number of carbonyl (C=O) groups is 3. The maximum absolute atomic E-state index is 12.6. The van der Waals surface area contributed by atoms with Crippen molar-refractivity contribution < 1.29 is 33.4 Å². The van der Waals surface area contributed by atoms with Crippen molar-refractivity contribution in [2.45, 2.75) is 20.0 Å². The Kier molecular flexibility index (Phi) is 7.38. The number of azide groups is 1. The molecule has 0 radical (unpaired) electrons. The van der Waals surface area contributed by atoms with Crippen LogP contribution in [0.25, 0.3) is 10.4 Å². The van der Waals surface area contributed by atoms with Crippen LogP contribution in [0.5, 0.6) is 0 Å². The summed E-state index contributed by atoms with van der Waals surface area (Å²) in [5.74, 6) is -4.83. The lowest BCUT2D eigenvalue weighted by molar-refractivity contribution is -0.159. The minimum absolute atomic E-state index is 0.183. The summed E-state index contributed by atoms with van der Waals surface area (Å²) >= 11 is 0. The Morgan fingerprint density at radius 1 is 1.40 bits per heavy atom. The number of aliphatic carboxylic acids is 1. The van der Waals surface area contributed by atoms with Gasteiger partial charge in [-0.3, -0.25) is 14.4 Å². The van der Waals surface area contributed by atoms with Gasteiger partial charge >= 0.3 is 17.9 Å².